The fourth-order valence-corrected chi connectivity index (χ4v) is 3.09. The maximum Gasteiger partial charge on any atom is 0.254 e. The average molecular weight is 418 g/mol. The molecule has 0 saturated heterocycles. The van der Waals surface area contributed by atoms with Crippen LogP contribution in [0.3, 0.4) is 0 Å². The van der Waals surface area contributed by atoms with E-state index in [0.717, 1.165) is 11.3 Å². The second-order valence-electron chi connectivity index (χ2n) is 7.07. The third-order valence-corrected chi connectivity index (χ3v) is 5.00. The molecule has 158 valence electrons. The summed E-state index contributed by atoms with van der Waals surface area (Å²) in [5.74, 6) is 1.51. The lowest BCUT2D eigenvalue weighted by Gasteiger charge is -2.25. The molecule has 2 aromatic heterocycles. The topological polar surface area (TPSA) is 99.2 Å². The maximum atomic E-state index is 12.9. The Hall–Kier alpha value is -4.01. The largest absolute Gasteiger partial charge is 0.485 e. The zero-order chi connectivity index (χ0) is 21.8. The lowest BCUT2D eigenvalue weighted by molar-refractivity contribution is 0.0742. The molecule has 4 rings (SSSR count). The van der Waals surface area contributed by atoms with Gasteiger partial charge in [-0.1, -0.05) is 17.3 Å². The smallest absolute Gasteiger partial charge is 0.254 e. The molecule has 1 amide bonds. The van der Waals surface area contributed by atoms with E-state index in [1.807, 2.05) is 31.2 Å². The van der Waals surface area contributed by atoms with Crippen LogP contribution >= 0.6 is 0 Å². The van der Waals surface area contributed by atoms with Gasteiger partial charge in [0, 0.05) is 19.5 Å². The summed E-state index contributed by atoms with van der Waals surface area (Å²) < 4.78 is 12.2. The van der Waals surface area contributed by atoms with Crippen molar-refractivity contribution in [1.29, 1.82) is 0 Å². The van der Waals surface area contributed by atoms with Crippen LogP contribution in [0, 0.1) is 6.92 Å². The summed E-state index contributed by atoms with van der Waals surface area (Å²) in [4.78, 5) is 22.7. The molecule has 0 fully saturated rings. The number of ether oxygens (including phenoxy) is 1. The number of hydrogen-bond acceptors (Lipinski definition) is 7. The molecule has 0 saturated carbocycles. The van der Waals surface area contributed by atoms with Crippen LogP contribution in [0.2, 0.25) is 0 Å². The number of amides is 1. The highest BCUT2D eigenvalue weighted by molar-refractivity contribution is 5.94. The standard InChI is InChI=1S/C22H22N6O3/c1-15(17-4-8-19(9-5-17)28-14-23-13-24-28)27(3)22(29)18-6-10-20(11-7-18)30-12-21-25-16(2)31-26-21/h4-11,13-15H,12H2,1-3H3. The first-order valence-electron chi connectivity index (χ1n) is 9.75. The average Bonchev–Trinajstić information content (AvgIpc) is 3.49. The monoisotopic (exact) mass is 418 g/mol. The van der Waals surface area contributed by atoms with Gasteiger partial charge in [-0.25, -0.2) is 9.67 Å². The molecule has 1 unspecified atom stereocenters. The first kappa shape index (κ1) is 20.3. The predicted molar refractivity (Wildman–Crippen MR) is 112 cm³/mol. The quantitative estimate of drug-likeness (QED) is 0.454. The Labute approximate surface area is 179 Å². The van der Waals surface area contributed by atoms with Crippen molar-refractivity contribution in [2.75, 3.05) is 7.05 Å². The van der Waals surface area contributed by atoms with Crippen molar-refractivity contribution in [3.8, 4) is 11.4 Å². The Bertz CT molecular complexity index is 1140. The van der Waals surface area contributed by atoms with E-state index in [4.69, 9.17) is 9.26 Å². The molecule has 4 aromatic rings. The molecule has 9 heteroatoms. The van der Waals surface area contributed by atoms with Gasteiger partial charge in [0.2, 0.25) is 11.7 Å². The van der Waals surface area contributed by atoms with Gasteiger partial charge in [0.1, 0.15) is 18.4 Å². The van der Waals surface area contributed by atoms with Gasteiger partial charge in [-0.05, 0) is 48.9 Å². The Balaban J connectivity index is 1.38. The molecule has 0 radical (unpaired) electrons. The summed E-state index contributed by atoms with van der Waals surface area (Å²) in [6.45, 7) is 3.92. The van der Waals surface area contributed by atoms with Crippen LogP contribution in [0.5, 0.6) is 5.75 Å². The van der Waals surface area contributed by atoms with E-state index in [0.29, 0.717) is 23.0 Å². The van der Waals surface area contributed by atoms with Crippen LogP contribution < -0.4 is 4.74 Å². The molecule has 0 aliphatic heterocycles. The predicted octanol–water partition coefficient (Wildman–Crippen LogP) is 3.37. The van der Waals surface area contributed by atoms with Crippen molar-refractivity contribution < 1.29 is 14.1 Å². The lowest BCUT2D eigenvalue weighted by Crippen LogP contribution is -2.29. The number of benzene rings is 2. The van der Waals surface area contributed by atoms with E-state index in [-0.39, 0.29) is 18.6 Å². The number of rotatable bonds is 7. The van der Waals surface area contributed by atoms with Crippen molar-refractivity contribution in [2.45, 2.75) is 26.5 Å². The molecule has 1 atom stereocenters. The molecular formula is C22H22N6O3. The van der Waals surface area contributed by atoms with Crippen LogP contribution in [0.1, 0.15) is 40.6 Å². The Kier molecular flexibility index (Phi) is 5.74. The van der Waals surface area contributed by atoms with Crippen LogP contribution in [-0.4, -0.2) is 42.8 Å². The van der Waals surface area contributed by atoms with E-state index < -0.39 is 0 Å². The van der Waals surface area contributed by atoms with E-state index in [9.17, 15) is 4.79 Å². The molecule has 0 aliphatic carbocycles. The minimum atomic E-state index is -0.102. The molecule has 31 heavy (non-hydrogen) atoms. The summed E-state index contributed by atoms with van der Waals surface area (Å²) in [7, 11) is 1.79. The number of carbonyl (C=O) groups is 1. The van der Waals surface area contributed by atoms with Gasteiger partial charge >= 0.3 is 0 Å². The van der Waals surface area contributed by atoms with E-state index in [2.05, 4.69) is 20.2 Å². The minimum absolute atomic E-state index is 0.0757. The SMILES string of the molecule is Cc1nc(COc2ccc(C(=O)N(C)C(C)c3ccc(-n4cncn4)cc3)cc2)no1. The summed E-state index contributed by atoms with van der Waals surface area (Å²) >= 11 is 0. The number of aromatic nitrogens is 5. The maximum absolute atomic E-state index is 12.9. The van der Waals surface area contributed by atoms with Crippen molar-refractivity contribution >= 4 is 5.91 Å². The summed E-state index contributed by atoms with van der Waals surface area (Å²) in [6.07, 6.45) is 3.14. The van der Waals surface area contributed by atoms with Crippen LogP contribution in [0.4, 0.5) is 0 Å². The summed E-state index contributed by atoms with van der Waals surface area (Å²) in [5, 5.41) is 7.91. The third kappa shape index (κ3) is 4.61. The first-order chi connectivity index (χ1) is 15.0. The molecule has 2 heterocycles. The van der Waals surface area contributed by atoms with Gasteiger partial charge < -0.3 is 14.2 Å². The number of carbonyl (C=O) groups excluding carboxylic acids is 1. The molecular weight excluding hydrogens is 396 g/mol. The fourth-order valence-electron chi connectivity index (χ4n) is 3.09. The van der Waals surface area contributed by atoms with Gasteiger partial charge in [-0.3, -0.25) is 4.79 Å². The number of nitrogens with zero attached hydrogens (tertiary/aromatic N) is 6. The van der Waals surface area contributed by atoms with E-state index in [1.54, 1.807) is 54.1 Å². The van der Waals surface area contributed by atoms with Gasteiger partial charge in [-0.15, -0.1) is 0 Å². The molecule has 9 nitrogen and oxygen atoms in total. The third-order valence-electron chi connectivity index (χ3n) is 5.00. The van der Waals surface area contributed by atoms with Crippen molar-refractivity contribution in [1.82, 2.24) is 29.8 Å². The molecule has 0 spiro atoms. The highest BCUT2D eigenvalue weighted by Crippen LogP contribution is 2.23. The Morgan fingerprint density at radius 3 is 2.52 bits per heavy atom. The molecule has 0 bridgehead atoms. The van der Waals surface area contributed by atoms with Crippen LogP contribution in [0.25, 0.3) is 5.69 Å². The van der Waals surface area contributed by atoms with Crippen LogP contribution in [-0.2, 0) is 6.61 Å². The minimum Gasteiger partial charge on any atom is -0.485 e. The molecule has 2 aromatic carbocycles. The van der Waals surface area contributed by atoms with E-state index in [1.165, 1.54) is 6.33 Å². The summed E-state index contributed by atoms with van der Waals surface area (Å²) in [6, 6.07) is 14.8. The van der Waals surface area contributed by atoms with Crippen molar-refractivity contribution in [3.63, 3.8) is 0 Å². The Morgan fingerprint density at radius 2 is 1.90 bits per heavy atom. The first-order valence-corrected chi connectivity index (χ1v) is 9.75. The van der Waals surface area contributed by atoms with Crippen LogP contribution in [0.15, 0.2) is 65.7 Å². The second kappa shape index (κ2) is 8.78. The Morgan fingerprint density at radius 1 is 1.16 bits per heavy atom. The van der Waals surface area contributed by atoms with Gasteiger partial charge in [0.25, 0.3) is 5.91 Å². The number of aryl methyl sites for hydroxylation is 1. The second-order valence-corrected chi connectivity index (χ2v) is 7.07. The van der Waals surface area contributed by atoms with Gasteiger partial charge in [0.05, 0.1) is 11.7 Å². The molecule has 0 N–H and O–H groups in total. The normalized spacial score (nSPS) is 11.8. The highest BCUT2D eigenvalue weighted by Gasteiger charge is 2.19. The fraction of sp³-hybridized carbons (Fsp3) is 0.227. The number of hydrogen-bond donors (Lipinski definition) is 0. The van der Waals surface area contributed by atoms with Crippen molar-refractivity contribution in [3.05, 3.63) is 84.0 Å². The highest BCUT2D eigenvalue weighted by atomic mass is 16.5. The zero-order valence-corrected chi connectivity index (χ0v) is 17.5. The molecule has 0 aliphatic rings. The van der Waals surface area contributed by atoms with Crippen molar-refractivity contribution in [2.24, 2.45) is 0 Å². The summed E-state index contributed by atoms with van der Waals surface area (Å²) in [5.41, 5.74) is 2.51. The zero-order valence-electron chi connectivity index (χ0n) is 17.5. The van der Waals surface area contributed by atoms with Gasteiger partial charge in [-0.2, -0.15) is 10.1 Å². The lowest BCUT2D eigenvalue weighted by atomic mass is 10.1. The van der Waals surface area contributed by atoms with Gasteiger partial charge in [0.15, 0.2) is 6.61 Å². The van der Waals surface area contributed by atoms with E-state index >= 15 is 0 Å².